The average molecular weight is 180 g/mol. The lowest BCUT2D eigenvalue weighted by molar-refractivity contribution is -0.133. The van der Waals surface area contributed by atoms with Crippen LogP contribution in [0, 0.1) is 5.41 Å². The smallest absolute Gasteiger partial charge is 0.331 e. The zero-order valence-electron chi connectivity index (χ0n) is 7.88. The standard InChI is InChI=1S/C11H16O2/c12-10(13)9-3-7-11(8-4-9)5-1-2-6-11/h3H,1-2,4-8H2,(H,12,13). The highest BCUT2D eigenvalue weighted by atomic mass is 16.4. The van der Waals surface area contributed by atoms with E-state index in [-0.39, 0.29) is 0 Å². The van der Waals surface area contributed by atoms with E-state index in [0.29, 0.717) is 11.0 Å². The highest BCUT2D eigenvalue weighted by Crippen LogP contribution is 2.48. The van der Waals surface area contributed by atoms with Gasteiger partial charge in [-0.1, -0.05) is 18.9 Å². The number of allylic oxidation sites excluding steroid dienone is 1. The molecule has 1 N–H and O–H groups in total. The van der Waals surface area contributed by atoms with Crippen molar-refractivity contribution in [1.82, 2.24) is 0 Å². The molecule has 0 atom stereocenters. The second-order valence-electron chi connectivity index (χ2n) is 4.45. The molecule has 13 heavy (non-hydrogen) atoms. The first-order chi connectivity index (χ1) is 6.22. The first-order valence-electron chi connectivity index (χ1n) is 5.14. The maximum Gasteiger partial charge on any atom is 0.331 e. The van der Waals surface area contributed by atoms with Gasteiger partial charge < -0.3 is 5.11 Å². The van der Waals surface area contributed by atoms with Crippen LogP contribution in [0.5, 0.6) is 0 Å². The SMILES string of the molecule is O=C(O)C1=CCC2(CCCC2)CC1. The molecule has 0 radical (unpaired) electrons. The van der Waals surface area contributed by atoms with E-state index in [2.05, 4.69) is 0 Å². The monoisotopic (exact) mass is 180 g/mol. The zero-order chi connectivity index (χ0) is 9.31. The van der Waals surface area contributed by atoms with Crippen LogP contribution < -0.4 is 0 Å². The number of aliphatic carboxylic acids is 1. The molecule has 0 aromatic carbocycles. The Morgan fingerprint density at radius 1 is 1.31 bits per heavy atom. The van der Waals surface area contributed by atoms with Crippen molar-refractivity contribution in [2.75, 3.05) is 0 Å². The van der Waals surface area contributed by atoms with Gasteiger partial charge in [-0.2, -0.15) is 0 Å². The molecule has 1 fully saturated rings. The molecule has 0 amide bonds. The Morgan fingerprint density at radius 3 is 2.46 bits per heavy atom. The Hall–Kier alpha value is -0.790. The Kier molecular flexibility index (Phi) is 2.14. The van der Waals surface area contributed by atoms with Gasteiger partial charge in [0, 0.05) is 5.57 Å². The second kappa shape index (κ2) is 3.17. The summed E-state index contributed by atoms with van der Waals surface area (Å²) in [5.41, 5.74) is 1.14. The molecule has 0 aliphatic heterocycles. The number of hydrogen-bond donors (Lipinski definition) is 1. The summed E-state index contributed by atoms with van der Waals surface area (Å²) in [5.74, 6) is -0.715. The third-order valence-electron chi connectivity index (χ3n) is 3.65. The van der Waals surface area contributed by atoms with E-state index in [4.69, 9.17) is 5.11 Å². The van der Waals surface area contributed by atoms with Gasteiger partial charge in [0.05, 0.1) is 0 Å². The van der Waals surface area contributed by atoms with Gasteiger partial charge in [-0.05, 0) is 37.5 Å². The summed E-state index contributed by atoms with van der Waals surface area (Å²) >= 11 is 0. The minimum Gasteiger partial charge on any atom is -0.478 e. The van der Waals surface area contributed by atoms with Crippen molar-refractivity contribution >= 4 is 5.97 Å². The quantitative estimate of drug-likeness (QED) is 0.673. The molecule has 1 saturated carbocycles. The molecule has 0 aromatic heterocycles. The van der Waals surface area contributed by atoms with Gasteiger partial charge in [0.15, 0.2) is 0 Å². The number of carboxylic acid groups (broad SMARTS) is 1. The van der Waals surface area contributed by atoms with Gasteiger partial charge in [-0.3, -0.25) is 0 Å². The summed E-state index contributed by atoms with van der Waals surface area (Å²) in [5, 5.41) is 8.80. The van der Waals surface area contributed by atoms with Crippen LogP contribution in [0.2, 0.25) is 0 Å². The van der Waals surface area contributed by atoms with Crippen molar-refractivity contribution in [3.63, 3.8) is 0 Å². The van der Waals surface area contributed by atoms with Crippen LogP contribution in [0.15, 0.2) is 11.6 Å². The van der Waals surface area contributed by atoms with E-state index in [9.17, 15) is 4.79 Å². The molecule has 2 nitrogen and oxygen atoms in total. The third kappa shape index (κ3) is 1.62. The Balaban J connectivity index is 2.06. The molecular weight excluding hydrogens is 164 g/mol. The first kappa shape index (κ1) is 8.79. The molecule has 0 bridgehead atoms. The highest BCUT2D eigenvalue weighted by molar-refractivity contribution is 5.86. The molecule has 0 unspecified atom stereocenters. The molecule has 0 aromatic rings. The summed E-state index contributed by atoms with van der Waals surface area (Å²) in [6.45, 7) is 0. The molecule has 72 valence electrons. The third-order valence-corrected chi connectivity index (χ3v) is 3.65. The van der Waals surface area contributed by atoms with Crippen molar-refractivity contribution in [1.29, 1.82) is 0 Å². The van der Waals surface area contributed by atoms with Crippen LogP contribution in [0.3, 0.4) is 0 Å². The zero-order valence-corrected chi connectivity index (χ0v) is 7.88. The first-order valence-corrected chi connectivity index (χ1v) is 5.14. The number of rotatable bonds is 1. The average Bonchev–Trinajstić information content (AvgIpc) is 2.54. The van der Waals surface area contributed by atoms with E-state index in [1.165, 1.54) is 25.7 Å². The maximum atomic E-state index is 10.7. The van der Waals surface area contributed by atoms with Crippen molar-refractivity contribution in [2.45, 2.75) is 44.9 Å². The van der Waals surface area contributed by atoms with Gasteiger partial charge in [-0.15, -0.1) is 0 Å². The van der Waals surface area contributed by atoms with Gasteiger partial charge >= 0.3 is 5.97 Å². The summed E-state index contributed by atoms with van der Waals surface area (Å²) in [6.07, 6.45) is 10.2. The van der Waals surface area contributed by atoms with Crippen molar-refractivity contribution in [3.05, 3.63) is 11.6 Å². The summed E-state index contributed by atoms with van der Waals surface area (Å²) < 4.78 is 0. The molecule has 0 heterocycles. The van der Waals surface area contributed by atoms with Gasteiger partial charge in [0.25, 0.3) is 0 Å². The molecule has 2 heteroatoms. The predicted octanol–water partition coefficient (Wildman–Crippen LogP) is 2.74. The molecule has 2 rings (SSSR count). The number of carboxylic acids is 1. The Labute approximate surface area is 78.6 Å². The van der Waals surface area contributed by atoms with Crippen LogP contribution in [0.1, 0.15) is 44.9 Å². The van der Waals surface area contributed by atoms with Crippen molar-refractivity contribution < 1.29 is 9.90 Å². The van der Waals surface area contributed by atoms with E-state index in [1.54, 1.807) is 0 Å². The van der Waals surface area contributed by atoms with Gasteiger partial charge in [-0.25, -0.2) is 4.79 Å². The summed E-state index contributed by atoms with van der Waals surface area (Å²) in [4.78, 5) is 10.7. The van der Waals surface area contributed by atoms with Crippen LogP contribution in [-0.2, 0) is 4.79 Å². The van der Waals surface area contributed by atoms with Gasteiger partial charge in [0.2, 0.25) is 0 Å². The molecule has 1 spiro atoms. The van der Waals surface area contributed by atoms with Gasteiger partial charge in [0.1, 0.15) is 0 Å². The summed E-state index contributed by atoms with van der Waals surface area (Å²) in [7, 11) is 0. The molecule has 2 aliphatic carbocycles. The maximum absolute atomic E-state index is 10.7. The summed E-state index contributed by atoms with van der Waals surface area (Å²) in [6, 6.07) is 0. The topological polar surface area (TPSA) is 37.3 Å². The van der Waals surface area contributed by atoms with Crippen LogP contribution in [0.25, 0.3) is 0 Å². The molecule has 0 saturated heterocycles. The Bertz CT molecular complexity index is 247. The van der Waals surface area contributed by atoms with E-state index < -0.39 is 5.97 Å². The minimum absolute atomic E-state index is 0.499. The second-order valence-corrected chi connectivity index (χ2v) is 4.45. The fourth-order valence-electron chi connectivity index (χ4n) is 2.72. The number of hydrogen-bond acceptors (Lipinski definition) is 1. The normalized spacial score (nSPS) is 26.0. The fourth-order valence-corrected chi connectivity index (χ4v) is 2.72. The van der Waals surface area contributed by atoms with E-state index >= 15 is 0 Å². The van der Waals surface area contributed by atoms with Crippen LogP contribution >= 0.6 is 0 Å². The predicted molar refractivity (Wildman–Crippen MR) is 50.5 cm³/mol. The van der Waals surface area contributed by atoms with E-state index in [1.807, 2.05) is 6.08 Å². The lowest BCUT2D eigenvalue weighted by atomic mass is 9.74. The van der Waals surface area contributed by atoms with Crippen LogP contribution in [-0.4, -0.2) is 11.1 Å². The van der Waals surface area contributed by atoms with Crippen molar-refractivity contribution in [2.24, 2.45) is 5.41 Å². The Morgan fingerprint density at radius 2 is 2.00 bits per heavy atom. The molecular formula is C11H16O2. The highest BCUT2D eigenvalue weighted by Gasteiger charge is 2.35. The fraction of sp³-hybridized carbons (Fsp3) is 0.727. The molecule has 2 aliphatic rings. The lowest BCUT2D eigenvalue weighted by Crippen LogP contribution is -2.21. The lowest BCUT2D eigenvalue weighted by Gasteiger charge is -2.31. The minimum atomic E-state index is -0.715. The van der Waals surface area contributed by atoms with Crippen molar-refractivity contribution in [3.8, 4) is 0 Å². The van der Waals surface area contributed by atoms with E-state index in [0.717, 1.165) is 19.3 Å². The number of carbonyl (C=O) groups is 1. The largest absolute Gasteiger partial charge is 0.478 e. The van der Waals surface area contributed by atoms with Crippen LogP contribution in [0.4, 0.5) is 0 Å².